The van der Waals surface area contributed by atoms with Gasteiger partial charge in [-0.15, -0.1) is 0 Å². The van der Waals surface area contributed by atoms with Crippen LogP contribution in [0.1, 0.15) is 227 Å². The first-order valence-corrected chi connectivity index (χ1v) is 18.6. The van der Waals surface area contributed by atoms with Crippen LogP contribution in [-0.2, 0) is 0 Å². The molecule has 0 radical (unpaired) electrons. The molecule has 0 heterocycles. The van der Waals surface area contributed by atoms with Gasteiger partial charge in [0.25, 0.3) is 0 Å². The minimum absolute atomic E-state index is 0.952. The van der Waals surface area contributed by atoms with Crippen LogP contribution in [0.25, 0.3) is 0 Å². The Morgan fingerprint density at radius 2 is 0.421 bits per heavy atom. The molecule has 0 saturated heterocycles. The van der Waals surface area contributed by atoms with Gasteiger partial charge in [0.15, 0.2) is 0 Å². The van der Waals surface area contributed by atoms with E-state index in [9.17, 15) is 0 Å². The van der Waals surface area contributed by atoms with Crippen LogP contribution in [-0.4, -0.2) is 0 Å². The van der Waals surface area contributed by atoms with Crippen LogP contribution < -0.4 is 0 Å². The van der Waals surface area contributed by atoms with Gasteiger partial charge in [0.2, 0.25) is 0 Å². The van der Waals surface area contributed by atoms with Gasteiger partial charge in [-0.05, 0) is 17.8 Å². The molecule has 0 spiro atoms. The van der Waals surface area contributed by atoms with E-state index in [1.165, 1.54) is 193 Å². The fourth-order valence-corrected chi connectivity index (χ4v) is 6.37. The van der Waals surface area contributed by atoms with Crippen LogP contribution >= 0.6 is 0 Å². The Morgan fingerprint density at radius 3 is 0.684 bits per heavy atom. The van der Waals surface area contributed by atoms with Crippen molar-refractivity contribution >= 4 is 0 Å². The van der Waals surface area contributed by atoms with E-state index < -0.39 is 0 Å². The summed E-state index contributed by atoms with van der Waals surface area (Å²) >= 11 is 0. The number of hydrogen-bond acceptors (Lipinski definition) is 0. The van der Waals surface area contributed by atoms with Crippen LogP contribution in [0, 0.1) is 17.8 Å². The zero-order chi connectivity index (χ0) is 27.9. The Bertz CT molecular complexity index is 412. The molecule has 3 unspecified atom stereocenters. The maximum Gasteiger partial charge on any atom is -0.0443 e. The maximum absolute atomic E-state index is 2.51. The first kappa shape index (κ1) is 38.0. The molecule has 0 aromatic carbocycles. The molecule has 0 aromatic heterocycles. The van der Waals surface area contributed by atoms with Crippen molar-refractivity contribution in [3.63, 3.8) is 0 Å². The SMILES string of the molecule is CCCCCCCCCCCCC(C)CCCC(C)CCCCCCCCCCCC(C)CCCCCC. The van der Waals surface area contributed by atoms with Gasteiger partial charge in [-0.25, -0.2) is 0 Å². The van der Waals surface area contributed by atoms with E-state index in [1.807, 2.05) is 0 Å². The quantitative estimate of drug-likeness (QED) is 0.0752. The minimum atomic E-state index is 0.952. The highest BCUT2D eigenvalue weighted by molar-refractivity contribution is 4.60. The highest BCUT2D eigenvalue weighted by Crippen LogP contribution is 2.22. The molecule has 0 N–H and O–H groups in total. The van der Waals surface area contributed by atoms with Crippen molar-refractivity contribution in [2.24, 2.45) is 17.8 Å². The van der Waals surface area contributed by atoms with E-state index in [1.54, 1.807) is 0 Å². The first-order valence-electron chi connectivity index (χ1n) is 18.6. The van der Waals surface area contributed by atoms with Crippen LogP contribution in [0.5, 0.6) is 0 Å². The Balaban J connectivity index is 3.31. The Kier molecular flexibility index (Phi) is 31.5. The summed E-state index contributed by atoms with van der Waals surface area (Å²) in [6.45, 7) is 12.1. The van der Waals surface area contributed by atoms with Gasteiger partial charge < -0.3 is 0 Å². The van der Waals surface area contributed by atoms with E-state index in [2.05, 4.69) is 34.6 Å². The summed E-state index contributed by atoms with van der Waals surface area (Å²) in [5, 5.41) is 0. The molecule has 0 amide bonds. The Morgan fingerprint density at radius 1 is 0.237 bits per heavy atom. The largest absolute Gasteiger partial charge is 0.0654 e. The molecule has 0 bridgehead atoms. The minimum Gasteiger partial charge on any atom is -0.0654 e. The van der Waals surface area contributed by atoms with Gasteiger partial charge in [0.05, 0.1) is 0 Å². The molecular weight excluding hydrogens is 456 g/mol. The van der Waals surface area contributed by atoms with Crippen LogP contribution in [0.4, 0.5) is 0 Å². The summed E-state index contributed by atoms with van der Waals surface area (Å²) in [6.07, 6.45) is 44.0. The van der Waals surface area contributed by atoms with E-state index in [0.29, 0.717) is 0 Å². The lowest BCUT2D eigenvalue weighted by molar-refractivity contribution is 0.390. The molecular formula is C38H78. The van der Waals surface area contributed by atoms with Gasteiger partial charge >= 0.3 is 0 Å². The van der Waals surface area contributed by atoms with Crippen LogP contribution in [0.15, 0.2) is 0 Å². The third-order valence-electron chi connectivity index (χ3n) is 9.39. The molecule has 0 nitrogen and oxygen atoms in total. The Hall–Kier alpha value is 0. The van der Waals surface area contributed by atoms with Crippen LogP contribution in [0.2, 0.25) is 0 Å². The topological polar surface area (TPSA) is 0 Å². The maximum atomic E-state index is 2.51. The number of unbranched alkanes of at least 4 members (excludes halogenated alkanes) is 20. The molecule has 0 heteroatoms. The van der Waals surface area contributed by atoms with Crippen molar-refractivity contribution in [2.75, 3.05) is 0 Å². The molecule has 0 saturated carbocycles. The second-order valence-electron chi connectivity index (χ2n) is 13.8. The summed E-state index contributed by atoms with van der Waals surface area (Å²) in [6, 6.07) is 0. The fourth-order valence-electron chi connectivity index (χ4n) is 6.37. The molecule has 0 fully saturated rings. The lowest BCUT2D eigenvalue weighted by atomic mass is 9.92. The molecule has 0 aliphatic carbocycles. The summed E-state index contributed by atoms with van der Waals surface area (Å²) < 4.78 is 0. The van der Waals surface area contributed by atoms with E-state index in [-0.39, 0.29) is 0 Å². The van der Waals surface area contributed by atoms with Gasteiger partial charge in [-0.3, -0.25) is 0 Å². The predicted octanol–water partition coefficient (Wildman–Crippen LogP) is 14.6. The predicted molar refractivity (Wildman–Crippen MR) is 177 cm³/mol. The van der Waals surface area contributed by atoms with Crippen molar-refractivity contribution in [3.05, 3.63) is 0 Å². The molecule has 230 valence electrons. The molecule has 0 aromatic rings. The standard InChI is InChI=1S/C38H78/c1-6-8-10-12-13-14-16-19-23-27-32-37(4)34-29-35-38(5)33-28-24-21-18-15-17-20-22-26-31-36(3)30-25-11-9-7-2/h36-38H,6-35H2,1-5H3. The summed E-state index contributed by atoms with van der Waals surface area (Å²) in [7, 11) is 0. The lowest BCUT2D eigenvalue weighted by Gasteiger charge is -2.14. The average Bonchev–Trinajstić information content (AvgIpc) is 2.90. The molecule has 0 aliphatic rings. The van der Waals surface area contributed by atoms with E-state index >= 15 is 0 Å². The zero-order valence-electron chi connectivity index (χ0n) is 27.9. The molecule has 0 rings (SSSR count). The van der Waals surface area contributed by atoms with Crippen LogP contribution in [0.3, 0.4) is 0 Å². The molecule has 3 atom stereocenters. The highest BCUT2D eigenvalue weighted by atomic mass is 14.1. The highest BCUT2D eigenvalue weighted by Gasteiger charge is 2.06. The van der Waals surface area contributed by atoms with Crippen molar-refractivity contribution in [2.45, 2.75) is 227 Å². The van der Waals surface area contributed by atoms with Crippen molar-refractivity contribution < 1.29 is 0 Å². The van der Waals surface area contributed by atoms with Crippen molar-refractivity contribution in [1.82, 2.24) is 0 Å². The van der Waals surface area contributed by atoms with E-state index in [0.717, 1.165) is 17.8 Å². The fraction of sp³-hybridized carbons (Fsp3) is 1.00. The van der Waals surface area contributed by atoms with Crippen molar-refractivity contribution in [1.29, 1.82) is 0 Å². The third-order valence-corrected chi connectivity index (χ3v) is 9.39. The number of hydrogen-bond donors (Lipinski definition) is 0. The lowest BCUT2D eigenvalue weighted by Crippen LogP contribution is -1.99. The monoisotopic (exact) mass is 535 g/mol. The van der Waals surface area contributed by atoms with E-state index in [4.69, 9.17) is 0 Å². The van der Waals surface area contributed by atoms with Gasteiger partial charge in [-0.1, -0.05) is 227 Å². The van der Waals surface area contributed by atoms with Crippen molar-refractivity contribution in [3.8, 4) is 0 Å². The van der Waals surface area contributed by atoms with Gasteiger partial charge in [-0.2, -0.15) is 0 Å². The Labute approximate surface area is 244 Å². The summed E-state index contributed by atoms with van der Waals surface area (Å²) in [4.78, 5) is 0. The second-order valence-corrected chi connectivity index (χ2v) is 13.8. The van der Waals surface area contributed by atoms with Gasteiger partial charge in [0.1, 0.15) is 0 Å². The third kappa shape index (κ3) is 30.5. The zero-order valence-corrected chi connectivity index (χ0v) is 27.9. The number of rotatable bonds is 32. The average molecular weight is 535 g/mol. The molecule has 0 aliphatic heterocycles. The molecule has 38 heavy (non-hydrogen) atoms. The second kappa shape index (κ2) is 31.5. The normalized spacial score (nSPS) is 14.1. The first-order chi connectivity index (χ1) is 18.6. The smallest absolute Gasteiger partial charge is 0.0443 e. The summed E-state index contributed by atoms with van der Waals surface area (Å²) in [5.41, 5.74) is 0. The van der Waals surface area contributed by atoms with Gasteiger partial charge in [0, 0.05) is 0 Å². The summed E-state index contributed by atoms with van der Waals surface area (Å²) in [5.74, 6) is 2.87.